The van der Waals surface area contributed by atoms with Crippen molar-refractivity contribution < 1.29 is 0 Å². The molecular weight excluding hydrogens is 292 g/mol. The van der Waals surface area contributed by atoms with Crippen molar-refractivity contribution in [2.45, 2.75) is 6.04 Å². The third-order valence-corrected chi connectivity index (χ3v) is 4.01. The molecule has 0 spiro atoms. The zero-order valence-corrected chi connectivity index (χ0v) is 14.1. The molecule has 0 atom stereocenters. The van der Waals surface area contributed by atoms with E-state index >= 15 is 0 Å². The minimum absolute atomic E-state index is 0.0147. The van der Waals surface area contributed by atoms with Gasteiger partial charge in [-0.05, 0) is 28.8 Å². The van der Waals surface area contributed by atoms with E-state index in [1.807, 2.05) is 32.4 Å². The zero-order chi connectivity index (χ0) is 16.8. The number of rotatable bonds is 5. The van der Waals surface area contributed by atoms with E-state index in [1.54, 1.807) is 0 Å². The van der Waals surface area contributed by atoms with E-state index in [0.29, 0.717) is 0 Å². The molecule has 2 nitrogen and oxygen atoms in total. The Bertz CT molecular complexity index is 736. The van der Waals surface area contributed by atoms with Crippen LogP contribution < -0.4 is 4.90 Å². The summed E-state index contributed by atoms with van der Waals surface area (Å²) in [7, 11) is 4.09. The monoisotopic (exact) mass is 314 g/mol. The van der Waals surface area contributed by atoms with Crippen LogP contribution in [0.15, 0.2) is 89.9 Å². The maximum Gasteiger partial charge on any atom is 0.0999 e. The first-order valence-corrected chi connectivity index (χ1v) is 8.14. The summed E-state index contributed by atoms with van der Waals surface area (Å²) in [6, 6.07) is 29.3. The SMILES string of the molecule is CN(C)c1ccc(C=NC(c2ccccc2)c2ccccc2)cc1. The second-order valence-corrected chi connectivity index (χ2v) is 5.99. The Morgan fingerprint density at radius 3 is 1.67 bits per heavy atom. The first-order valence-electron chi connectivity index (χ1n) is 8.14. The highest BCUT2D eigenvalue weighted by molar-refractivity contribution is 5.80. The fraction of sp³-hybridized carbons (Fsp3) is 0.136. The van der Waals surface area contributed by atoms with E-state index in [9.17, 15) is 0 Å². The van der Waals surface area contributed by atoms with Gasteiger partial charge >= 0.3 is 0 Å². The standard InChI is InChI=1S/C22H22N2/c1-24(2)21-15-13-18(14-16-21)17-23-22(19-9-5-3-6-10-19)20-11-7-4-8-12-20/h3-17,22H,1-2H3. The quantitative estimate of drug-likeness (QED) is 0.608. The lowest BCUT2D eigenvalue weighted by Crippen LogP contribution is -2.08. The summed E-state index contributed by atoms with van der Waals surface area (Å²) in [5.74, 6) is 0. The molecule has 0 radical (unpaired) electrons. The minimum atomic E-state index is 0.0147. The third-order valence-electron chi connectivity index (χ3n) is 4.01. The lowest BCUT2D eigenvalue weighted by Gasteiger charge is -2.14. The van der Waals surface area contributed by atoms with Crippen molar-refractivity contribution >= 4 is 11.9 Å². The average Bonchev–Trinajstić information content (AvgIpc) is 2.64. The number of anilines is 1. The molecule has 120 valence electrons. The normalized spacial score (nSPS) is 11.1. The van der Waals surface area contributed by atoms with E-state index in [2.05, 4.69) is 77.7 Å². The number of hydrogen-bond acceptors (Lipinski definition) is 2. The average molecular weight is 314 g/mol. The van der Waals surface area contributed by atoms with Crippen molar-refractivity contribution in [2.24, 2.45) is 4.99 Å². The van der Waals surface area contributed by atoms with Gasteiger partial charge in [0.1, 0.15) is 0 Å². The highest BCUT2D eigenvalue weighted by Crippen LogP contribution is 2.25. The number of nitrogens with zero attached hydrogens (tertiary/aromatic N) is 2. The Morgan fingerprint density at radius 1 is 0.708 bits per heavy atom. The van der Waals surface area contributed by atoms with Gasteiger partial charge in [-0.2, -0.15) is 0 Å². The minimum Gasteiger partial charge on any atom is -0.378 e. The van der Waals surface area contributed by atoms with Gasteiger partial charge < -0.3 is 4.90 Å². The van der Waals surface area contributed by atoms with Crippen molar-refractivity contribution in [2.75, 3.05) is 19.0 Å². The van der Waals surface area contributed by atoms with E-state index < -0.39 is 0 Å². The van der Waals surface area contributed by atoms with Crippen LogP contribution in [-0.4, -0.2) is 20.3 Å². The predicted octanol–water partition coefficient (Wildman–Crippen LogP) is 4.96. The molecule has 0 unspecified atom stereocenters. The van der Waals surface area contributed by atoms with E-state index in [4.69, 9.17) is 4.99 Å². The molecule has 3 rings (SSSR count). The topological polar surface area (TPSA) is 15.6 Å². The van der Waals surface area contributed by atoms with Gasteiger partial charge in [-0.3, -0.25) is 4.99 Å². The molecule has 3 aromatic carbocycles. The van der Waals surface area contributed by atoms with Gasteiger partial charge in [0.25, 0.3) is 0 Å². The fourth-order valence-corrected chi connectivity index (χ4v) is 2.65. The van der Waals surface area contributed by atoms with Gasteiger partial charge in [-0.25, -0.2) is 0 Å². The molecule has 0 fully saturated rings. The summed E-state index contributed by atoms with van der Waals surface area (Å²) < 4.78 is 0. The van der Waals surface area contributed by atoms with Gasteiger partial charge in [0, 0.05) is 26.0 Å². The Labute approximate surface area is 144 Å². The van der Waals surface area contributed by atoms with Crippen molar-refractivity contribution in [1.82, 2.24) is 0 Å². The molecule has 2 heteroatoms. The second kappa shape index (κ2) is 7.60. The molecule has 24 heavy (non-hydrogen) atoms. The first-order chi connectivity index (χ1) is 11.7. The predicted molar refractivity (Wildman–Crippen MR) is 103 cm³/mol. The van der Waals surface area contributed by atoms with Gasteiger partial charge in [-0.15, -0.1) is 0 Å². The number of hydrogen-bond donors (Lipinski definition) is 0. The lowest BCUT2D eigenvalue weighted by molar-refractivity contribution is 0.878. The maximum absolute atomic E-state index is 4.87. The van der Waals surface area contributed by atoms with Crippen molar-refractivity contribution in [3.05, 3.63) is 102 Å². The molecule has 0 heterocycles. The summed E-state index contributed by atoms with van der Waals surface area (Å²) in [5.41, 5.74) is 4.70. The Morgan fingerprint density at radius 2 is 1.21 bits per heavy atom. The Kier molecular flexibility index (Phi) is 5.07. The summed E-state index contributed by atoms with van der Waals surface area (Å²) in [6.45, 7) is 0. The van der Waals surface area contributed by atoms with E-state index in [-0.39, 0.29) is 6.04 Å². The molecule has 0 saturated heterocycles. The van der Waals surface area contributed by atoms with Crippen molar-refractivity contribution in [3.8, 4) is 0 Å². The van der Waals surface area contributed by atoms with Crippen LogP contribution in [0.25, 0.3) is 0 Å². The summed E-state index contributed by atoms with van der Waals surface area (Å²) >= 11 is 0. The molecule has 0 bridgehead atoms. The van der Waals surface area contributed by atoms with Crippen LogP contribution in [0.4, 0.5) is 5.69 Å². The Balaban J connectivity index is 1.89. The highest BCUT2D eigenvalue weighted by Gasteiger charge is 2.11. The number of benzene rings is 3. The molecule has 0 aromatic heterocycles. The van der Waals surface area contributed by atoms with Crippen LogP contribution in [0.3, 0.4) is 0 Å². The van der Waals surface area contributed by atoms with Crippen molar-refractivity contribution in [1.29, 1.82) is 0 Å². The lowest BCUT2D eigenvalue weighted by atomic mass is 9.99. The van der Waals surface area contributed by atoms with Gasteiger partial charge in [0.2, 0.25) is 0 Å². The van der Waals surface area contributed by atoms with Crippen LogP contribution in [0, 0.1) is 0 Å². The molecule has 0 saturated carbocycles. The Hall–Kier alpha value is -2.87. The maximum atomic E-state index is 4.87. The summed E-state index contributed by atoms with van der Waals surface area (Å²) in [6.07, 6.45) is 1.96. The molecule has 0 aliphatic carbocycles. The molecule has 0 aliphatic rings. The van der Waals surface area contributed by atoms with Crippen LogP contribution in [0.5, 0.6) is 0 Å². The van der Waals surface area contributed by atoms with Crippen molar-refractivity contribution in [3.63, 3.8) is 0 Å². The van der Waals surface area contributed by atoms with Crippen LogP contribution >= 0.6 is 0 Å². The smallest absolute Gasteiger partial charge is 0.0999 e. The van der Waals surface area contributed by atoms with Crippen LogP contribution in [-0.2, 0) is 0 Å². The summed E-state index contributed by atoms with van der Waals surface area (Å²) in [4.78, 5) is 6.97. The van der Waals surface area contributed by atoms with Crippen LogP contribution in [0.1, 0.15) is 22.7 Å². The molecule has 3 aromatic rings. The number of aliphatic imine (C=N–C) groups is 1. The fourth-order valence-electron chi connectivity index (χ4n) is 2.65. The largest absolute Gasteiger partial charge is 0.378 e. The summed E-state index contributed by atoms with van der Waals surface area (Å²) in [5, 5.41) is 0. The molecule has 0 N–H and O–H groups in total. The van der Waals surface area contributed by atoms with E-state index in [0.717, 1.165) is 5.56 Å². The third kappa shape index (κ3) is 3.90. The van der Waals surface area contributed by atoms with Gasteiger partial charge in [0.15, 0.2) is 0 Å². The second-order valence-electron chi connectivity index (χ2n) is 5.99. The zero-order valence-electron chi connectivity index (χ0n) is 14.1. The molecule has 0 amide bonds. The molecule has 0 aliphatic heterocycles. The molecular formula is C22H22N2. The van der Waals surface area contributed by atoms with Crippen LogP contribution in [0.2, 0.25) is 0 Å². The van der Waals surface area contributed by atoms with Gasteiger partial charge in [0.05, 0.1) is 6.04 Å². The first kappa shape index (κ1) is 16.0. The van der Waals surface area contributed by atoms with Gasteiger partial charge in [-0.1, -0.05) is 72.8 Å². The highest BCUT2D eigenvalue weighted by atomic mass is 15.1. The van der Waals surface area contributed by atoms with E-state index in [1.165, 1.54) is 16.8 Å².